The number of nitrogens with one attached hydrogen (secondary N) is 1. The van der Waals surface area contributed by atoms with Crippen molar-refractivity contribution in [3.8, 4) is 0 Å². The maximum atomic E-state index is 5.77. The molecular formula is C13H25IN4O. The Labute approximate surface area is 132 Å². The minimum absolute atomic E-state index is 0. The van der Waals surface area contributed by atoms with Crippen LogP contribution >= 0.6 is 24.0 Å². The topological polar surface area (TPSA) is 76.4 Å². The number of guanidine groups is 1. The average Bonchev–Trinajstić information content (AvgIpc) is 2.59. The molecule has 0 atom stereocenters. The molecule has 0 aliphatic carbocycles. The van der Waals surface area contributed by atoms with E-state index in [1.807, 2.05) is 20.8 Å². The summed E-state index contributed by atoms with van der Waals surface area (Å²) in [5, 5.41) is 3.08. The van der Waals surface area contributed by atoms with Gasteiger partial charge in [0.15, 0.2) is 5.96 Å². The van der Waals surface area contributed by atoms with Gasteiger partial charge in [0.25, 0.3) is 0 Å². The fourth-order valence-electron chi connectivity index (χ4n) is 1.31. The zero-order valence-corrected chi connectivity index (χ0v) is 14.9. The van der Waals surface area contributed by atoms with Crippen LogP contribution in [0.2, 0.25) is 0 Å². The minimum Gasteiger partial charge on any atom is -0.443 e. The summed E-state index contributed by atoms with van der Waals surface area (Å²) < 4.78 is 5.63. The van der Waals surface area contributed by atoms with E-state index >= 15 is 0 Å². The lowest BCUT2D eigenvalue weighted by Crippen LogP contribution is -2.44. The van der Waals surface area contributed by atoms with E-state index < -0.39 is 0 Å². The minimum atomic E-state index is -0.0965. The van der Waals surface area contributed by atoms with Crippen LogP contribution in [0.25, 0.3) is 0 Å². The van der Waals surface area contributed by atoms with Gasteiger partial charge < -0.3 is 15.5 Å². The Morgan fingerprint density at radius 1 is 1.32 bits per heavy atom. The Balaban J connectivity index is 0.00000324. The Bertz CT molecular complexity index is 427. The van der Waals surface area contributed by atoms with E-state index in [9.17, 15) is 0 Å². The average molecular weight is 380 g/mol. The molecule has 19 heavy (non-hydrogen) atoms. The van der Waals surface area contributed by atoms with Gasteiger partial charge in [-0.05, 0) is 20.8 Å². The zero-order chi connectivity index (χ0) is 14.0. The fraction of sp³-hybridized carbons (Fsp3) is 0.692. The van der Waals surface area contributed by atoms with E-state index in [0.717, 1.165) is 5.76 Å². The van der Waals surface area contributed by atoms with E-state index in [1.54, 1.807) is 6.20 Å². The maximum Gasteiger partial charge on any atom is 0.216 e. The van der Waals surface area contributed by atoms with Gasteiger partial charge in [0, 0.05) is 11.0 Å². The van der Waals surface area contributed by atoms with Crippen molar-refractivity contribution in [2.24, 2.45) is 10.7 Å². The first-order chi connectivity index (χ1) is 8.08. The molecule has 5 nitrogen and oxygen atoms in total. The number of oxazole rings is 1. The number of hydrogen-bond donors (Lipinski definition) is 2. The molecule has 0 spiro atoms. The van der Waals surface area contributed by atoms with Crippen molar-refractivity contribution in [3.05, 3.63) is 17.8 Å². The van der Waals surface area contributed by atoms with Crippen molar-refractivity contribution < 1.29 is 4.42 Å². The molecule has 0 aliphatic rings. The van der Waals surface area contributed by atoms with Gasteiger partial charge in [-0.2, -0.15) is 0 Å². The van der Waals surface area contributed by atoms with Crippen LogP contribution < -0.4 is 11.1 Å². The number of nitrogens with two attached hydrogens (primary N) is 1. The van der Waals surface area contributed by atoms with E-state index in [4.69, 9.17) is 10.2 Å². The third-order valence-electron chi connectivity index (χ3n) is 2.18. The standard InChI is InChI=1S/C13H24N4O.HI/c1-12(2,3)9-7-15-10(18-9)8-16-11(14)17-13(4,5)6;/h7H,8H2,1-6H3,(H3,14,16,17);1H. The van der Waals surface area contributed by atoms with E-state index in [2.05, 4.69) is 36.1 Å². The molecule has 1 aromatic rings. The molecule has 3 N–H and O–H groups in total. The quantitative estimate of drug-likeness (QED) is 0.470. The van der Waals surface area contributed by atoms with Gasteiger partial charge in [-0.1, -0.05) is 20.8 Å². The summed E-state index contributed by atoms with van der Waals surface area (Å²) in [4.78, 5) is 8.40. The van der Waals surface area contributed by atoms with Crippen LogP contribution in [0.15, 0.2) is 15.6 Å². The predicted molar refractivity (Wildman–Crippen MR) is 88.8 cm³/mol. The summed E-state index contributed by atoms with van der Waals surface area (Å²) in [7, 11) is 0. The highest BCUT2D eigenvalue weighted by Crippen LogP contribution is 2.22. The van der Waals surface area contributed by atoms with Crippen molar-refractivity contribution in [2.45, 2.75) is 59.0 Å². The van der Waals surface area contributed by atoms with Crippen LogP contribution in [0.5, 0.6) is 0 Å². The molecule has 0 saturated heterocycles. The third kappa shape index (κ3) is 6.79. The molecule has 0 unspecified atom stereocenters. The van der Waals surface area contributed by atoms with Crippen LogP contribution in [-0.2, 0) is 12.0 Å². The summed E-state index contributed by atoms with van der Waals surface area (Å²) in [6.07, 6.45) is 1.75. The highest BCUT2D eigenvalue weighted by atomic mass is 127. The molecule has 0 amide bonds. The first-order valence-corrected chi connectivity index (χ1v) is 6.11. The van der Waals surface area contributed by atoms with Gasteiger partial charge >= 0.3 is 0 Å². The summed E-state index contributed by atoms with van der Waals surface area (Å²) in [6, 6.07) is 0. The van der Waals surface area contributed by atoms with E-state index in [-0.39, 0.29) is 34.9 Å². The van der Waals surface area contributed by atoms with Crippen LogP contribution in [0.3, 0.4) is 0 Å². The number of hydrogen-bond acceptors (Lipinski definition) is 3. The summed E-state index contributed by atoms with van der Waals surface area (Å²) >= 11 is 0. The summed E-state index contributed by atoms with van der Waals surface area (Å²) in [6.45, 7) is 12.7. The predicted octanol–water partition coefficient (Wildman–Crippen LogP) is 2.79. The third-order valence-corrected chi connectivity index (χ3v) is 2.18. The second-order valence-corrected chi connectivity index (χ2v) is 6.44. The SMILES string of the molecule is CC(C)(C)NC(N)=NCc1ncc(C(C)(C)C)o1.I. The lowest BCUT2D eigenvalue weighted by atomic mass is 9.94. The van der Waals surface area contributed by atoms with Crippen molar-refractivity contribution >= 4 is 29.9 Å². The Morgan fingerprint density at radius 3 is 2.32 bits per heavy atom. The molecule has 110 valence electrons. The Kier molecular flexibility index (Phi) is 6.31. The number of halogens is 1. The first-order valence-electron chi connectivity index (χ1n) is 6.11. The van der Waals surface area contributed by atoms with Crippen LogP contribution in [-0.4, -0.2) is 16.5 Å². The molecular weight excluding hydrogens is 355 g/mol. The van der Waals surface area contributed by atoms with Crippen molar-refractivity contribution in [3.63, 3.8) is 0 Å². The number of rotatable bonds is 2. The number of nitrogens with zero attached hydrogens (tertiary/aromatic N) is 2. The molecule has 1 aromatic heterocycles. The summed E-state index contributed by atoms with van der Waals surface area (Å²) in [5.41, 5.74) is 5.64. The molecule has 0 saturated carbocycles. The molecule has 0 aromatic carbocycles. The molecule has 1 heterocycles. The van der Waals surface area contributed by atoms with Gasteiger partial charge in [0.1, 0.15) is 12.3 Å². The fourth-order valence-corrected chi connectivity index (χ4v) is 1.31. The Morgan fingerprint density at radius 2 is 1.89 bits per heavy atom. The lowest BCUT2D eigenvalue weighted by molar-refractivity contribution is 0.383. The van der Waals surface area contributed by atoms with Crippen LogP contribution in [0.1, 0.15) is 53.2 Å². The van der Waals surface area contributed by atoms with Gasteiger partial charge in [0.2, 0.25) is 5.89 Å². The second kappa shape index (κ2) is 6.58. The van der Waals surface area contributed by atoms with Crippen LogP contribution in [0, 0.1) is 0 Å². The van der Waals surface area contributed by atoms with Crippen molar-refractivity contribution in [2.75, 3.05) is 0 Å². The highest BCUT2D eigenvalue weighted by Gasteiger charge is 2.19. The van der Waals surface area contributed by atoms with E-state index in [0.29, 0.717) is 18.4 Å². The van der Waals surface area contributed by atoms with Gasteiger partial charge in [0.05, 0.1) is 6.20 Å². The van der Waals surface area contributed by atoms with Crippen LogP contribution in [0.4, 0.5) is 0 Å². The normalized spacial score (nSPS) is 13.1. The molecule has 1 rings (SSSR count). The maximum absolute atomic E-state index is 5.77. The Hall–Kier alpha value is -0.790. The number of aliphatic imine (C=N–C) groups is 1. The van der Waals surface area contributed by atoms with Gasteiger partial charge in [-0.25, -0.2) is 9.98 Å². The zero-order valence-electron chi connectivity index (χ0n) is 12.6. The molecule has 0 aliphatic heterocycles. The number of aromatic nitrogens is 1. The van der Waals surface area contributed by atoms with Crippen molar-refractivity contribution in [1.82, 2.24) is 10.3 Å². The molecule has 6 heteroatoms. The van der Waals surface area contributed by atoms with Gasteiger partial charge in [-0.15, -0.1) is 24.0 Å². The second-order valence-electron chi connectivity index (χ2n) is 6.44. The molecule has 0 bridgehead atoms. The lowest BCUT2D eigenvalue weighted by Gasteiger charge is -2.20. The monoisotopic (exact) mass is 380 g/mol. The summed E-state index contributed by atoms with van der Waals surface area (Å²) in [5.74, 6) is 1.84. The molecule has 0 radical (unpaired) electrons. The molecule has 0 fully saturated rings. The smallest absolute Gasteiger partial charge is 0.216 e. The van der Waals surface area contributed by atoms with Gasteiger partial charge in [-0.3, -0.25) is 0 Å². The van der Waals surface area contributed by atoms with E-state index in [1.165, 1.54) is 0 Å². The first kappa shape index (κ1) is 18.2. The largest absolute Gasteiger partial charge is 0.443 e. The highest BCUT2D eigenvalue weighted by molar-refractivity contribution is 14.0. The van der Waals surface area contributed by atoms with Crippen molar-refractivity contribution in [1.29, 1.82) is 0 Å².